The molecule has 4 nitrogen and oxygen atoms in total. The molecule has 2 aromatic carbocycles. The summed E-state index contributed by atoms with van der Waals surface area (Å²) in [5, 5.41) is 8.84. The van der Waals surface area contributed by atoms with Crippen LogP contribution >= 0.6 is 12.2 Å². The molecule has 3 rings (SSSR count). The molecule has 0 bridgehead atoms. The zero-order valence-corrected chi connectivity index (χ0v) is 11.9. The average molecular weight is 299 g/mol. The smallest absolute Gasteiger partial charge is 0.182 e. The minimum atomic E-state index is -0.451. The van der Waals surface area contributed by atoms with Crippen molar-refractivity contribution < 1.29 is 9.13 Å². The molecule has 0 aliphatic heterocycles. The number of hydrogen-bond donors (Lipinski definition) is 1. The molecule has 0 fully saturated rings. The highest BCUT2D eigenvalue weighted by Gasteiger charge is 2.11. The van der Waals surface area contributed by atoms with Crippen LogP contribution in [0.2, 0.25) is 0 Å². The van der Waals surface area contributed by atoms with Gasteiger partial charge in [0.05, 0.1) is 29.8 Å². The van der Waals surface area contributed by atoms with Crippen LogP contribution in [0, 0.1) is 21.9 Å². The van der Waals surface area contributed by atoms with Gasteiger partial charge < -0.3 is 9.72 Å². The van der Waals surface area contributed by atoms with Crippen molar-refractivity contribution in [1.29, 1.82) is 5.26 Å². The van der Waals surface area contributed by atoms with Crippen molar-refractivity contribution in [3.05, 3.63) is 52.5 Å². The molecule has 0 saturated heterocycles. The highest BCUT2D eigenvalue weighted by molar-refractivity contribution is 7.71. The average Bonchev–Trinajstić information content (AvgIpc) is 2.81. The van der Waals surface area contributed by atoms with Gasteiger partial charge in [-0.1, -0.05) is 0 Å². The Morgan fingerprint density at radius 2 is 2.00 bits per heavy atom. The Kier molecular flexibility index (Phi) is 3.20. The lowest BCUT2D eigenvalue weighted by Crippen LogP contribution is -1.95. The summed E-state index contributed by atoms with van der Waals surface area (Å²) in [6.07, 6.45) is 0. The summed E-state index contributed by atoms with van der Waals surface area (Å²) in [6.45, 7) is 0. The number of halogens is 1. The van der Waals surface area contributed by atoms with Crippen LogP contribution in [0.3, 0.4) is 0 Å². The minimum absolute atomic E-state index is 0.152. The van der Waals surface area contributed by atoms with Crippen LogP contribution in [0.5, 0.6) is 5.75 Å². The molecule has 0 amide bonds. The summed E-state index contributed by atoms with van der Waals surface area (Å²) < 4.78 is 21.0. The normalized spacial score (nSPS) is 10.5. The van der Waals surface area contributed by atoms with Gasteiger partial charge in [-0.2, -0.15) is 5.26 Å². The number of ether oxygens (including phenoxy) is 1. The number of nitrogens with zero attached hydrogens (tertiary/aromatic N) is 2. The molecule has 0 saturated carbocycles. The Hall–Kier alpha value is -2.65. The molecule has 0 unspecified atom stereocenters. The van der Waals surface area contributed by atoms with E-state index in [9.17, 15) is 4.39 Å². The van der Waals surface area contributed by atoms with Crippen molar-refractivity contribution in [3.8, 4) is 17.5 Å². The molecule has 21 heavy (non-hydrogen) atoms. The van der Waals surface area contributed by atoms with Gasteiger partial charge in [0.25, 0.3) is 0 Å². The lowest BCUT2D eigenvalue weighted by atomic mass is 10.2. The summed E-state index contributed by atoms with van der Waals surface area (Å²) in [7, 11) is 1.41. The second-order valence-electron chi connectivity index (χ2n) is 4.43. The number of hydrogen-bond acceptors (Lipinski definition) is 3. The van der Waals surface area contributed by atoms with Gasteiger partial charge in [-0.25, -0.2) is 4.39 Å². The van der Waals surface area contributed by atoms with Gasteiger partial charge in [0, 0.05) is 17.8 Å². The van der Waals surface area contributed by atoms with Gasteiger partial charge in [-0.15, -0.1) is 0 Å². The molecule has 0 spiro atoms. The molecule has 0 atom stereocenters. The predicted molar refractivity (Wildman–Crippen MR) is 79.7 cm³/mol. The second-order valence-corrected chi connectivity index (χ2v) is 4.81. The molecular formula is C15H10FN3OS. The first-order valence-corrected chi connectivity index (χ1v) is 6.53. The van der Waals surface area contributed by atoms with E-state index in [0.717, 1.165) is 5.69 Å². The molecule has 0 aliphatic carbocycles. The predicted octanol–water partition coefficient (Wildman–Crippen LogP) is 3.71. The van der Waals surface area contributed by atoms with Crippen LogP contribution in [0.4, 0.5) is 4.39 Å². The number of benzene rings is 2. The van der Waals surface area contributed by atoms with Crippen LogP contribution in [0.15, 0.2) is 36.4 Å². The Morgan fingerprint density at radius 1 is 1.29 bits per heavy atom. The number of aromatic amines is 1. The summed E-state index contributed by atoms with van der Waals surface area (Å²) in [5.74, 6) is -0.299. The summed E-state index contributed by atoms with van der Waals surface area (Å²) in [4.78, 5) is 2.96. The van der Waals surface area contributed by atoms with Crippen LogP contribution in [0.25, 0.3) is 16.7 Å². The molecule has 0 radical (unpaired) electrons. The topological polar surface area (TPSA) is 53.7 Å². The van der Waals surface area contributed by atoms with E-state index in [-0.39, 0.29) is 5.75 Å². The SMILES string of the molecule is COc1cc2c(cc1F)[nH]c(=S)n2-c1ccc(C#N)cc1. The van der Waals surface area contributed by atoms with Gasteiger partial charge in [-0.3, -0.25) is 4.57 Å². The fraction of sp³-hybridized carbons (Fsp3) is 0.0667. The molecule has 0 aliphatic rings. The van der Waals surface area contributed by atoms with Gasteiger partial charge in [0.2, 0.25) is 0 Å². The van der Waals surface area contributed by atoms with Crippen molar-refractivity contribution in [1.82, 2.24) is 9.55 Å². The van der Waals surface area contributed by atoms with E-state index >= 15 is 0 Å². The third-order valence-corrected chi connectivity index (χ3v) is 3.49. The molecule has 1 aromatic heterocycles. The number of methoxy groups -OCH3 is 1. The van der Waals surface area contributed by atoms with Gasteiger partial charge in [-0.05, 0) is 36.5 Å². The molecule has 104 valence electrons. The van der Waals surface area contributed by atoms with Crippen molar-refractivity contribution in [2.75, 3.05) is 7.11 Å². The first kappa shape index (κ1) is 13.3. The fourth-order valence-corrected chi connectivity index (χ4v) is 2.52. The molecule has 1 N–H and O–H groups in total. The maximum absolute atomic E-state index is 13.7. The third-order valence-electron chi connectivity index (χ3n) is 3.21. The first-order valence-electron chi connectivity index (χ1n) is 6.13. The Balaban J connectivity index is 2.28. The molecular weight excluding hydrogens is 289 g/mol. The number of imidazole rings is 1. The van der Waals surface area contributed by atoms with E-state index < -0.39 is 5.82 Å². The number of fused-ring (bicyclic) bond motifs is 1. The molecule has 3 aromatic rings. The summed E-state index contributed by atoms with van der Waals surface area (Å²) in [6, 6.07) is 12.0. The minimum Gasteiger partial charge on any atom is -0.494 e. The van der Waals surface area contributed by atoms with E-state index in [1.165, 1.54) is 13.2 Å². The highest BCUT2D eigenvalue weighted by atomic mass is 32.1. The number of nitrogens with one attached hydrogen (secondary N) is 1. The molecule has 1 heterocycles. The van der Waals surface area contributed by atoms with Gasteiger partial charge >= 0.3 is 0 Å². The van der Waals surface area contributed by atoms with Crippen molar-refractivity contribution in [2.24, 2.45) is 0 Å². The quantitative estimate of drug-likeness (QED) is 0.734. The largest absolute Gasteiger partial charge is 0.494 e. The van der Waals surface area contributed by atoms with E-state index in [1.807, 2.05) is 0 Å². The van der Waals surface area contributed by atoms with E-state index in [4.69, 9.17) is 22.2 Å². The second kappa shape index (κ2) is 5.04. The van der Waals surface area contributed by atoms with Crippen LogP contribution in [-0.2, 0) is 0 Å². The van der Waals surface area contributed by atoms with Crippen molar-refractivity contribution in [2.45, 2.75) is 0 Å². The lowest BCUT2D eigenvalue weighted by molar-refractivity contribution is 0.387. The van der Waals surface area contributed by atoms with E-state index in [0.29, 0.717) is 21.4 Å². The number of aromatic nitrogens is 2. The maximum atomic E-state index is 13.7. The van der Waals surface area contributed by atoms with Gasteiger partial charge in [0.1, 0.15) is 0 Å². The summed E-state index contributed by atoms with van der Waals surface area (Å²) >= 11 is 5.30. The number of H-pyrrole nitrogens is 1. The van der Waals surface area contributed by atoms with Crippen molar-refractivity contribution in [3.63, 3.8) is 0 Å². The Bertz CT molecular complexity index is 919. The van der Waals surface area contributed by atoms with Gasteiger partial charge in [0.15, 0.2) is 16.3 Å². The standard InChI is InChI=1S/C15H10FN3OS/c1-20-14-7-13-12(6-11(14)16)18-15(21)19(13)10-4-2-9(8-17)3-5-10/h2-7H,1H3,(H,18,21). The monoisotopic (exact) mass is 299 g/mol. The van der Waals surface area contributed by atoms with E-state index in [1.54, 1.807) is 34.9 Å². The highest BCUT2D eigenvalue weighted by Crippen LogP contribution is 2.26. The zero-order chi connectivity index (χ0) is 15.0. The zero-order valence-electron chi connectivity index (χ0n) is 11.1. The Labute approximate surface area is 125 Å². The third kappa shape index (κ3) is 2.18. The summed E-state index contributed by atoms with van der Waals surface area (Å²) in [5.41, 5.74) is 2.65. The van der Waals surface area contributed by atoms with Crippen LogP contribution < -0.4 is 4.74 Å². The van der Waals surface area contributed by atoms with Crippen LogP contribution in [-0.4, -0.2) is 16.7 Å². The Morgan fingerprint density at radius 3 is 2.62 bits per heavy atom. The van der Waals surface area contributed by atoms with Crippen LogP contribution in [0.1, 0.15) is 5.56 Å². The number of nitriles is 1. The fourth-order valence-electron chi connectivity index (χ4n) is 2.21. The number of rotatable bonds is 2. The lowest BCUT2D eigenvalue weighted by Gasteiger charge is -2.06. The van der Waals surface area contributed by atoms with E-state index in [2.05, 4.69) is 11.1 Å². The first-order chi connectivity index (χ1) is 10.1. The van der Waals surface area contributed by atoms with Crippen molar-refractivity contribution >= 4 is 23.3 Å². The maximum Gasteiger partial charge on any atom is 0.182 e. The molecule has 6 heteroatoms.